The van der Waals surface area contributed by atoms with Gasteiger partial charge in [0.25, 0.3) is 5.91 Å². The summed E-state index contributed by atoms with van der Waals surface area (Å²) in [6, 6.07) is 28.1. The number of rotatable bonds is 13. The van der Waals surface area contributed by atoms with Gasteiger partial charge in [0, 0.05) is 48.4 Å². The molecule has 216 valence electrons. The fraction of sp³-hybridized carbons (Fsp3) is 0.286. The van der Waals surface area contributed by atoms with Gasteiger partial charge in [0.15, 0.2) is 0 Å². The zero-order valence-electron chi connectivity index (χ0n) is 23.9. The van der Waals surface area contributed by atoms with Crippen LogP contribution < -0.4 is 10.2 Å². The Kier molecular flexibility index (Phi) is 9.55. The lowest BCUT2D eigenvalue weighted by Crippen LogP contribution is -2.50. The van der Waals surface area contributed by atoms with Gasteiger partial charge in [0.2, 0.25) is 11.8 Å². The van der Waals surface area contributed by atoms with Gasteiger partial charge in [-0.3, -0.25) is 14.4 Å². The number of anilines is 1. The van der Waals surface area contributed by atoms with Gasteiger partial charge in [-0.25, -0.2) is 0 Å². The quantitative estimate of drug-likeness (QED) is 0.177. The average molecular weight is 582 g/mol. The molecule has 0 aliphatic carbocycles. The molecule has 1 N–H and O–H groups in total. The van der Waals surface area contributed by atoms with Gasteiger partial charge in [-0.15, -0.1) is 0 Å². The van der Waals surface area contributed by atoms with Crippen molar-refractivity contribution in [3.63, 3.8) is 0 Å². The van der Waals surface area contributed by atoms with Crippen molar-refractivity contribution >= 4 is 45.8 Å². The Hall–Kier alpha value is -4.16. The molecule has 0 fully saturated rings. The molecule has 3 amide bonds. The van der Waals surface area contributed by atoms with Crippen LogP contribution in [0.5, 0.6) is 0 Å². The molecule has 0 aromatic heterocycles. The van der Waals surface area contributed by atoms with Crippen molar-refractivity contribution < 1.29 is 14.4 Å². The molecule has 42 heavy (non-hydrogen) atoms. The Bertz CT molecular complexity index is 1570. The summed E-state index contributed by atoms with van der Waals surface area (Å²) in [7, 11) is 0. The molecule has 7 heteroatoms. The molecule has 4 aromatic rings. The molecule has 1 unspecified atom stereocenters. The maximum absolute atomic E-state index is 14.0. The van der Waals surface area contributed by atoms with Crippen molar-refractivity contribution in [2.45, 2.75) is 51.6 Å². The molecule has 0 radical (unpaired) electrons. The van der Waals surface area contributed by atoms with Crippen LogP contribution in [-0.4, -0.2) is 41.8 Å². The maximum Gasteiger partial charge on any atom is 0.258 e. The van der Waals surface area contributed by atoms with Crippen molar-refractivity contribution in [1.82, 2.24) is 10.2 Å². The number of carbonyl (C=O) groups is 3. The van der Waals surface area contributed by atoms with E-state index in [-0.39, 0.29) is 30.7 Å². The predicted molar refractivity (Wildman–Crippen MR) is 169 cm³/mol. The van der Waals surface area contributed by atoms with Crippen molar-refractivity contribution in [1.29, 1.82) is 0 Å². The first kappa shape index (κ1) is 29.3. The van der Waals surface area contributed by atoms with Crippen LogP contribution in [0.4, 0.5) is 5.69 Å². The van der Waals surface area contributed by atoms with Crippen LogP contribution in [0.1, 0.15) is 54.1 Å². The van der Waals surface area contributed by atoms with E-state index in [0.717, 1.165) is 40.4 Å². The normalized spacial score (nSPS) is 12.9. The summed E-state index contributed by atoms with van der Waals surface area (Å²) in [6.45, 7) is 3.25. The van der Waals surface area contributed by atoms with Crippen LogP contribution in [0, 0.1) is 0 Å². The zero-order valence-corrected chi connectivity index (χ0v) is 24.6. The Labute approximate surface area is 252 Å². The lowest BCUT2D eigenvalue weighted by atomic mass is 10.0. The Morgan fingerprint density at radius 2 is 1.64 bits per heavy atom. The summed E-state index contributed by atoms with van der Waals surface area (Å²) >= 11 is 6.53. The van der Waals surface area contributed by atoms with E-state index in [9.17, 15) is 14.4 Å². The Morgan fingerprint density at radius 1 is 0.905 bits per heavy atom. The second-order valence-electron chi connectivity index (χ2n) is 10.7. The van der Waals surface area contributed by atoms with E-state index in [2.05, 4.69) is 12.2 Å². The fourth-order valence-electron chi connectivity index (χ4n) is 5.60. The number of hydrogen-bond donors (Lipinski definition) is 1. The van der Waals surface area contributed by atoms with E-state index >= 15 is 0 Å². The second kappa shape index (κ2) is 13.7. The van der Waals surface area contributed by atoms with Gasteiger partial charge < -0.3 is 15.1 Å². The second-order valence-corrected chi connectivity index (χ2v) is 11.1. The summed E-state index contributed by atoms with van der Waals surface area (Å²) in [4.78, 5) is 44.3. The molecule has 6 nitrogen and oxygen atoms in total. The van der Waals surface area contributed by atoms with Crippen LogP contribution in [-0.2, 0) is 22.6 Å². The Balaban J connectivity index is 1.37. The smallest absolute Gasteiger partial charge is 0.258 e. The molecule has 1 atom stereocenters. The Morgan fingerprint density at radius 3 is 2.40 bits per heavy atom. The highest BCUT2D eigenvalue weighted by molar-refractivity contribution is 6.31. The molecule has 1 aliphatic rings. The van der Waals surface area contributed by atoms with Crippen LogP contribution in [0.2, 0.25) is 5.02 Å². The monoisotopic (exact) mass is 581 g/mol. The van der Waals surface area contributed by atoms with E-state index in [4.69, 9.17) is 11.6 Å². The van der Waals surface area contributed by atoms with Gasteiger partial charge >= 0.3 is 0 Å². The minimum absolute atomic E-state index is 0.0422. The number of halogens is 1. The van der Waals surface area contributed by atoms with E-state index < -0.39 is 6.04 Å². The summed E-state index contributed by atoms with van der Waals surface area (Å²) in [6.07, 6.45) is 2.86. The number of hydrogen-bond acceptors (Lipinski definition) is 3. The van der Waals surface area contributed by atoms with Gasteiger partial charge in [-0.05, 0) is 47.6 Å². The molecule has 0 spiro atoms. The van der Waals surface area contributed by atoms with Crippen LogP contribution in [0.25, 0.3) is 10.8 Å². The third kappa shape index (κ3) is 6.50. The van der Waals surface area contributed by atoms with Gasteiger partial charge in [0.1, 0.15) is 6.04 Å². The van der Waals surface area contributed by atoms with Crippen molar-refractivity contribution in [2.75, 3.05) is 18.0 Å². The molecule has 1 heterocycles. The largest absolute Gasteiger partial charge is 0.354 e. The van der Waals surface area contributed by atoms with Crippen molar-refractivity contribution in [3.8, 4) is 0 Å². The van der Waals surface area contributed by atoms with Gasteiger partial charge in [0.05, 0.1) is 5.69 Å². The average Bonchev–Trinajstić information content (AvgIpc) is 3.28. The molecule has 0 saturated heterocycles. The van der Waals surface area contributed by atoms with Crippen LogP contribution in [0.15, 0.2) is 91.0 Å². The van der Waals surface area contributed by atoms with Gasteiger partial charge in [-0.2, -0.15) is 0 Å². The number of unbranched alkanes of at least 4 members (excludes halogenated alkanes) is 1. The van der Waals surface area contributed by atoms with E-state index in [0.29, 0.717) is 36.5 Å². The summed E-state index contributed by atoms with van der Waals surface area (Å²) in [5.41, 5.74) is 3.33. The lowest BCUT2D eigenvalue weighted by molar-refractivity contribution is -0.141. The first-order chi connectivity index (χ1) is 20.5. The number of benzene rings is 4. The zero-order chi connectivity index (χ0) is 29.5. The van der Waals surface area contributed by atoms with E-state index in [1.165, 1.54) is 0 Å². The lowest BCUT2D eigenvalue weighted by Gasteiger charge is -2.32. The number of carbonyl (C=O) groups excluding carboxylic acids is 3. The summed E-state index contributed by atoms with van der Waals surface area (Å²) < 4.78 is 0. The fourth-order valence-corrected chi connectivity index (χ4v) is 5.80. The van der Waals surface area contributed by atoms with E-state index in [1.54, 1.807) is 15.9 Å². The van der Waals surface area contributed by atoms with Crippen LogP contribution >= 0.6 is 11.6 Å². The van der Waals surface area contributed by atoms with Gasteiger partial charge in [-0.1, -0.05) is 97.7 Å². The standard InChI is InChI=1S/C35H36ClN3O3/c1-2-3-21-37-34(41)31(23-25-12-5-4-6-13-25)39(24-27-14-7-8-18-29(27)36)32(40)20-11-22-38-30-19-10-16-26-15-9-17-28(33(26)30)35(38)42/h4-10,12-19,31H,2-3,11,20-24H2,1H3,(H,37,41). The molecule has 1 aliphatic heterocycles. The molecule has 5 rings (SSSR count). The minimum Gasteiger partial charge on any atom is -0.354 e. The molecular formula is C35H36ClN3O3. The first-order valence-corrected chi connectivity index (χ1v) is 15.0. The van der Waals surface area contributed by atoms with Crippen molar-refractivity contribution in [3.05, 3.63) is 113 Å². The maximum atomic E-state index is 14.0. The topological polar surface area (TPSA) is 69.7 Å². The minimum atomic E-state index is -0.709. The van der Waals surface area contributed by atoms with Crippen LogP contribution in [0.3, 0.4) is 0 Å². The SMILES string of the molecule is CCCCNC(=O)C(Cc1ccccc1)N(Cc1ccccc1Cl)C(=O)CCCN1C(=O)c2cccc3cccc1c23. The number of nitrogens with one attached hydrogen (secondary N) is 1. The first-order valence-electron chi connectivity index (χ1n) is 14.7. The molecule has 0 bridgehead atoms. The summed E-state index contributed by atoms with van der Waals surface area (Å²) in [5, 5.41) is 5.59. The highest BCUT2D eigenvalue weighted by atomic mass is 35.5. The van der Waals surface area contributed by atoms with E-state index in [1.807, 2.05) is 84.9 Å². The highest BCUT2D eigenvalue weighted by Crippen LogP contribution is 2.37. The number of nitrogens with zero attached hydrogens (tertiary/aromatic N) is 2. The molecule has 4 aromatic carbocycles. The number of amides is 3. The third-order valence-corrected chi connectivity index (χ3v) is 8.19. The predicted octanol–water partition coefficient (Wildman–Crippen LogP) is 6.79. The third-order valence-electron chi connectivity index (χ3n) is 7.82. The molecular weight excluding hydrogens is 546 g/mol. The van der Waals surface area contributed by atoms with Crippen molar-refractivity contribution in [2.24, 2.45) is 0 Å². The summed E-state index contributed by atoms with van der Waals surface area (Å²) in [5.74, 6) is -0.368. The highest BCUT2D eigenvalue weighted by Gasteiger charge is 2.32. The molecule has 0 saturated carbocycles.